The van der Waals surface area contributed by atoms with E-state index in [-0.39, 0.29) is 5.54 Å². The Labute approximate surface area is 99.6 Å². The monoisotopic (exact) mass is 232 g/mol. The summed E-state index contributed by atoms with van der Waals surface area (Å²) in [5.74, 6) is 1.000. The number of fused-ring (bicyclic) bond motifs is 2. The van der Waals surface area contributed by atoms with Crippen LogP contribution in [0.15, 0.2) is 24.3 Å². The molecular formula is C13H13ClN2. The van der Waals surface area contributed by atoms with E-state index in [1.165, 1.54) is 5.56 Å². The van der Waals surface area contributed by atoms with E-state index >= 15 is 0 Å². The summed E-state index contributed by atoms with van der Waals surface area (Å²) in [6, 6.07) is 8.04. The molecule has 0 saturated carbocycles. The van der Waals surface area contributed by atoms with Crippen LogP contribution in [0.1, 0.15) is 19.4 Å². The Hall–Kier alpha value is -1.28. The van der Waals surface area contributed by atoms with E-state index in [2.05, 4.69) is 30.2 Å². The van der Waals surface area contributed by atoms with E-state index in [0.29, 0.717) is 0 Å². The maximum atomic E-state index is 5.97. The SMILES string of the molecule is CC1(C)Cc2cc3ccc(Cl)cc3nc2N1. The normalized spacial score (nSPS) is 17.2. The summed E-state index contributed by atoms with van der Waals surface area (Å²) in [5.41, 5.74) is 2.35. The van der Waals surface area contributed by atoms with Crippen LogP contribution in [-0.4, -0.2) is 10.5 Å². The first-order valence-corrected chi connectivity index (χ1v) is 5.79. The molecule has 3 heteroatoms. The molecule has 3 rings (SSSR count). The van der Waals surface area contributed by atoms with Gasteiger partial charge in [-0.1, -0.05) is 17.7 Å². The van der Waals surface area contributed by atoms with Gasteiger partial charge < -0.3 is 5.32 Å². The molecule has 1 aliphatic heterocycles. The molecule has 0 fully saturated rings. The van der Waals surface area contributed by atoms with Crippen molar-refractivity contribution in [2.45, 2.75) is 25.8 Å². The Bertz CT molecular complexity index is 575. The van der Waals surface area contributed by atoms with Gasteiger partial charge in [-0.2, -0.15) is 0 Å². The van der Waals surface area contributed by atoms with Gasteiger partial charge in [0, 0.05) is 15.9 Å². The van der Waals surface area contributed by atoms with Crippen molar-refractivity contribution in [3.05, 3.63) is 34.9 Å². The number of rotatable bonds is 0. The fourth-order valence-electron chi connectivity index (χ4n) is 2.27. The van der Waals surface area contributed by atoms with Crippen LogP contribution in [0.2, 0.25) is 5.02 Å². The summed E-state index contributed by atoms with van der Waals surface area (Å²) >= 11 is 5.97. The summed E-state index contributed by atoms with van der Waals surface area (Å²) < 4.78 is 0. The van der Waals surface area contributed by atoms with Gasteiger partial charge in [0.15, 0.2) is 0 Å². The molecule has 0 saturated heterocycles. The van der Waals surface area contributed by atoms with Crippen LogP contribution in [0.5, 0.6) is 0 Å². The van der Waals surface area contributed by atoms with Crippen LogP contribution in [0.25, 0.3) is 10.9 Å². The highest BCUT2D eigenvalue weighted by molar-refractivity contribution is 6.31. The number of pyridine rings is 1. The molecule has 0 bridgehead atoms. The molecule has 0 amide bonds. The van der Waals surface area contributed by atoms with Crippen LogP contribution in [-0.2, 0) is 6.42 Å². The van der Waals surface area contributed by atoms with E-state index in [1.807, 2.05) is 18.2 Å². The van der Waals surface area contributed by atoms with Crippen LogP contribution < -0.4 is 5.32 Å². The van der Waals surface area contributed by atoms with Crippen LogP contribution in [0, 0.1) is 0 Å². The van der Waals surface area contributed by atoms with Gasteiger partial charge >= 0.3 is 0 Å². The minimum atomic E-state index is 0.108. The number of hydrogen-bond acceptors (Lipinski definition) is 2. The number of halogens is 1. The van der Waals surface area contributed by atoms with Crippen LogP contribution >= 0.6 is 11.6 Å². The van der Waals surface area contributed by atoms with Gasteiger partial charge in [0.2, 0.25) is 0 Å². The molecule has 2 aromatic rings. The van der Waals surface area contributed by atoms with Crippen LogP contribution in [0.3, 0.4) is 0 Å². The maximum Gasteiger partial charge on any atom is 0.130 e. The third-order valence-electron chi connectivity index (χ3n) is 2.95. The Kier molecular flexibility index (Phi) is 1.93. The van der Waals surface area contributed by atoms with Crippen molar-refractivity contribution in [1.29, 1.82) is 0 Å². The van der Waals surface area contributed by atoms with Crippen molar-refractivity contribution in [2.24, 2.45) is 0 Å². The zero-order valence-electron chi connectivity index (χ0n) is 9.34. The molecule has 0 atom stereocenters. The van der Waals surface area contributed by atoms with Gasteiger partial charge in [0.1, 0.15) is 5.82 Å². The number of aromatic nitrogens is 1. The lowest BCUT2D eigenvalue weighted by Gasteiger charge is -2.17. The third kappa shape index (κ3) is 1.54. The first-order valence-electron chi connectivity index (χ1n) is 5.41. The number of nitrogens with one attached hydrogen (secondary N) is 1. The quantitative estimate of drug-likeness (QED) is 0.750. The van der Waals surface area contributed by atoms with Crippen molar-refractivity contribution in [2.75, 3.05) is 5.32 Å². The molecule has 1 aromatic carbocycles. The van der Waals surface area contributed by atoms with Gasteiger partial charge in [-0.3, -0.25) is 0 Å². The van der Waals surface area contributed by atoms with Crippen molar-refractivity contribution in [1.82, 2.24) is 4.98 Å². The van der Waals surface area contributed by atoms with Gasteiger partial charge in [0.05, 0.1) is 5.52 Å². The minimum absolute atomic E-state index is 0.108. The standard InChI is InChI=1S/C13H13ClN2/c1-13(2)7-9-5-8-3-4-10(14)6-11(8)15-12(9)16-13/h3-6H,7H2,1-2H3,(H,15,16). The molecule has 16 heavy (non-hydrogen) atoms. The number of nitrogens with zero attached hydrogens (tertiary/aromatic N) is 1. The minimum Gasteiger partial charge on any atom is -0.365 e. The lowest BCUT2D eigenvalue weighted by molar-refractivity contribution is 0.593. The highest BCUT2D eigenvalue weighted by Gasteiger charge is 2.28. The molecule has 0 aliphatic carbocycles. The van der Waals surface area contributed by atoms with Crippen molar-refractivity contribution < 1.29 is 0 Å². The van der Waals surface area contributed by atoms with E-state index in [4.69, 9.17) is 11.6 Å². The molecule has 2 heterocycles. The predicted octanol–water partition coefficient (Wildman–Crippen LogP) is 3.63. The number of anilines is 1. The molecule has 1 aliphatic rings. The summed E-state index contributed by atoms with van der Waals surface area (Å²) in [6.45, 7) is 4.37. The Morgan fingerprint density at radius 3 is 2.94 bits per heavy atom. The van der Waals surface area contributed by atoms with Crippen LogP contribution in [0.4, 0.5) is 5.82 Å². The van der Waals surface area contributed by atoms with Gasteiger partial charge in [-0.25, -0.2) is 4.98 Å². The average Bonchev–Trinajstić information content (AvgIpc) is 2.47. The molecular weight excluding hydrogens is 220 g/mol. The fraction of sp³-hybridized carbons (Fsp3) is 0.308. The third-order valence-corrected chi connectivity index (χ3v) is 3.18. The second-order valence-electron chi connectivity index (χ2n) is 5.02. The van der Waals surface area contributed by atoms with Gasteiger partial charge in [-0.15, -0.1) is 0 Å². The van der Waals surface area contributed by atoms with Gasteiger partial charge in [-0.05, 0) is 44.0 Å². The zero-order chi connectivity index (χ0) is 11.3. The predicted molar refractivity (Wildman–Crippen MR) is 68.2 cm³/mol. The highest BCUT2D eigenvalue weighted by atomic mass is 35.5. The average molecular weight is 233 g/mol. The molecule has 82 valence electrons. The maximum absolute atomic E-state index is 5.97. The topological polar surface area (TPSA) is 24.9 Å². The molecule has 0 radical (unpaired) electrons. The lowest BCUT2D eigenvalue weighted by atomic mass is 10.0. The largest absolute Gasteiger partial charge is 0.365 e. The lowest BCUT2D eigenvalue weighted by Crippen LogP contribution is -2.27. The fourth-order valence-corrected chi connectivity index (χ4v) is 2.43. The molecule has 2 nitrogen and oxygen atoms in total. The van der Waals surface area contributed by atoms with Crippen molar-refractivity contribution in [3.63, 3.8) is 0 Å². The highest BCUT2D eigenvalue weighted by Crippen LogP contribution is 2.33. The molecule has 1 aromatic heterocycles. The zero-order valence-corrected chi connectivity index (χ0v) is 10.1. The van der Waals surface area contributed by atoms with E-state index in [9.17, 15) is 0 Å². The van der Waals surface area contributed by atoms with E-state index in [0.717, 1.165) is 28.2 Å². The van der Waals surface area contributed by atoms with Crippen molar-refractivity contribution in [3.8, 4) is 0 Å². The summed E-state index contributed by atoms with van der Waals surface area (Å²) in [7, 11) is 0. The van der Waals surface area contributed by atoms with Crippen molar-refractivity contribution >= 4 is 28.3 Å². The van der Waals surface area contributed by atoms with E-state index < -0.39 is 0 Å². The molecule has 0 spiro atoms. The van der Waals surface area contributed by atoms with E-state index in [1.54, 1.807) is 0 Å². The second kappa shape index (κ2) is 3.11. The molecule has 1 N–H and O–H groups in total. The first-order chi connectivity index (χ1) is 7.53. The summed E-state index contributed by atoms with van der Waals surface area (Å²) in [4.78, 5) is 4.62. The summed E-state index contributed by atoms with van der Waals surface area (Å²) in [5, 5.41) is 5.32. The Balaban J connectivity index is 2.22. The van der Waals surface area contributed by atoms with Gasteiger partial charge in [0.25, 0.3) is 0 Å². The summed E-state index contributed by atoms with van der Waals surface area (Å²) in [6.07, 6.45) is 1.02. The second-order valence-corrected chi connectivity index (χ2v) is 5.46. The number of benzene rings is 1. The Morgan fingerprint density at radius 2 is 2.12 bits per heavy atom. The molecule has 0 unspecified atom stereocenters. The Morgan fingerprint density at radius 1 is 1.31 bits per heavy atom. The number of hydrogen-bond donors (Lipinski definition) is 1. The smallest absolute Gasteiger partial charge is 0.130 e. The first kappa shape index (κ1) is 9.91.